The topological polar surface area (TPSA) is 17.1 Å². The summed E-state index contributed by atoms with van der Waals surface area (Å²) in [5, 5.41) is 0. The van der Waals surface area contributed by atoms with E-state index in [4.69, 9.17) is 0 Å². The van der Waals surface area contributed by atoms with Crippen molar-refractivity contribution in [3.05, 3.63) is 23.3 Å². The van der Waals surface area contributed by atoms with Gasteiger partial charge in [-0.05, 0) is 52.9 Å². The summed E-state index contributed by atoms with van der Waals surface area (Å²) < 4.78 is 0. The van der Waals surface area contributed by atoms with Crippen LogP contribution in [-0.4, -0.2) is 5.78 Å². The van der Waals surface area contributed by atoms with E-state index in [2.05, 4.69) is 32.9 Å². The van der Waals surface area contributed by atoms with Crippen LogP contribution in [0.4, 0.5) is 0 Å². The number of carbonyl (C=O) groups is 1. The molecule has 15 heavy (non-hydrogen) atoms. The van der Waals surface area contributed by atoms with Crippen LogP contribution in [0.15, 0.2) is 23.3 Å². The lowest BCUT2D eigenvalue weighted by molar-refractivity contribution is -0.121. The van der Waals surface area contributed by atoms with E-state index < -0.39 is 0 Å². The van der Waals surface area contributed by atoms with Crippen LogP contribution in [0, 0.1) is 11.8 Å². The molecule has 0 aromatic heterocycles. The summed E-state index contributed by atoms with van der Waals surface area (Å²) in [4.78, 5) is 11.3. The average Bonchev–Trinajstić information content (AvgIpc) is 2.16. The maximum atomic E-state index is 11.3. The van der Waals surface area contributed by atoms with E-state index in [0.717, 1.165) is 19.3 Å². The SMILES string of the molecule is CC(=O)[C@@H]1CC=C(C)[C@H](CC=C(C)C)C1. The Morgan fingerprint density at radius 3 is 2.67 bits per heavy atom. The van der Waals surface area contributed by atoms with Gasteiger partial charge in [0, 0.05) is 5.92 Å². The van der Waals surface area contributed by atoms with Crippen LogP contribution in [0.25, 0.3) is 0 Å². The second-order valence-electron chi connectivity index (χ2n) is 4.94. The van der Waals surface area contributed by atoms with Gasteiger partial charge in [-0.2, -0.15) is 0 Å². The molecular formula is C14H22O. The maximum absolute atomic E-state index is 11.3. The third-order valence-electron chi connectivity index (χ3n) is 3.32. The molecule has 1 rings (SSSR count). The summed E-state index contributed by atoms with van der Waals surface area (Å²) >= 11 is 0. The Morgan fingerprint density at radius 2 is 2.13 bits per heavy atom. The second kappa shape index (κ2) is 5.29. The monoisotopic (exact) mass is 206 g/mol. The van der Waals surface area contributed by atoms with Crippen molar-refractivity contribution in [1.82, 2.24) is 0 Å². The summed E-state index contributed by atoms with van der Waals surface area (Å²) in [7, 11) is 0. The lowest BCUT2D eigenvalue weighted by Crippen LogP contribution is -2.20. The van der Waals surface area contributed by atoms with Crippen molar-refractivity contribution in [3.63, 3.8) is 0 Å². The molecule has 84 valence electrons. The van der Waals surface area contributed by atoms with Crippen LogP contribution in [0.2, 0.25) is 0 Å². The number of hydrogen-bond acceptors (Lipinski definition) is 1. The molecule has 0 saturated carbocycles. The third kappa shape index (κ3) is 3.65. The molecule has 1 nitrogen and oxygen atoms in total. The Bertz CT molecular complexity index is 292. The van der Waals surface area contributed by atoms with Crippen LogP contribution in [0.1, 0.15) is 47.0 Å². The predicted octanol–water partition coefficient (Wildman–Crippen LogP) is 3.90. The molecule has 0 bridgehead atoms. The van der Waals surface area contributed by atoms with E-state index in [0.29, 0.717) is 11.7 Å². The molecule has 0 fully saturated rings. The Labute approximate surface area is 93.3 Å². The molecule has 0 N–H and O–H groups in total. The van der Waals surface area contributed by atoms with Crippen LogP contribution in [0.3, 0.4) is 0 Å². The van der Waals surface area contributed by atoms with Gasteiger partial charge in [0.25, 0.3) is 0 Å². The van der Waals surface area contributed by atoms with Crippen LogP contribution >= 0.6 is 0 Å². The molecule has 1 aliphatic rings. The molecule has 0 heterocycles. The Morgan fingerprint density at radius 1 is 1.47 bits per heavy atom. The first-order chi connectivity index (χ1) is 7.00. The zero-order chi connectivity index (χ0) is 11.4. The van der Waals surface area contributed by atoms with E-state index in [-0.39, 0.29) is 5.92 Å². The van der Waals surface area contributed by atoms with Crippen molar-refractivity contribution < 1.29 is 4.79 Å². The van der Waals surface area contributed by atoms with Crippen molar-refractivity contribution in [2.75, 3.05) is 0 Å². The van der Waals surface area contributed by atoms with Crippen molar-refractivity contribution in [2.45, 2.75) is 47.0 Å². The number of ketones is 1. The lowest BCUT2D eigenvalue weighted by atomic mass is 9.78. The highest BCUT2D eigenvalue weighted by Crippen LogP contribution is 2.32. The van der Waals surface area contributed by atoms with Gasteiger partial charge in [-0.15, -0.1) is 0 Å². The lowest BCUT2D eigenvalue weighted by Gasteiger charge is -2.26. The van der Waals surface area contributed by atoms with Gasteiger partial charge in [-0.3, -0.25) is 4.79 Å². The zero-order valence-electron chi connectivity index (χ0n) is 10.3. The van der Waals surface area contributed by atoms with E-state index >= 15 is 0 Å². The van der Waals surface area contributed by atoms with Crippen molar-refractivity contribution in [1.29, 1.82) is 0 Å². The first-order valence-corrected chi connectivity index (χ1v) is 5.81. The number of allylic oxidation sites excluding steroid dienone is 4. The Hall–Kier alpha value is -0.850. The summed E-state index contributed by atoms with van der Waals surface area (Å²) in [5.41, 5.74) is 2.83. The van der Waals surface area contributed by atoms with Crippen molar-refractivity contribution >= 4 is 5.78 Å². The number of Topliss-reactive ketones (excluding diaryl/α,β-unsaturated/α-hetero) is 1. The molecule has 0 radical (unpaired) electrons. The molecule has 0 saturated heterocycles. The summed E-state index contributed by atoms with van der Waals surface area (Å²) in [6.45, 7) is 8.17. The van der Waals surface area contributed by atoms with Gasteiger partial charge in [-0.1, -0.05) is 23.3 Å². The molecule has 1 heteroatoms. The summed E-state index contributed by atoms with van der Waals surface area (Å²) in [6.07, 6.45) is 7.62. The van der Waals surface area contributed by atoms with Crippen LogP contribution in [-0.2, 0) is 4.79 Å². The molecule has 0 aromatic carbocycles. The number of rotatable bonds is 3. The van der Waals surface area contributed by atoms with Gasteiger partial charge in [0.05, 0.1) is 0 Å². The number of carbonyl (C=O) groups excluding carboxylic acids is 1. The minimum absolute atomic E-state index is 0.268. The highest BCUT2D eigenvalue weighted by Gasteiger charge is 2.23. The van der Waals surface area contributed by atoms with E-state index in [1.165, 1.54) is 11.1 Å². The largest absolute Gasteiger partial charge is 0.300 e. The van der Waals surface area contributed by atoms with Crippen LogP contribution in [0.5, 0.6) is 0 Å². The molecule has 0 spiro atoms. The Balaban J connectivity index is 2.64. The first-order valence-electron chi connectivity index (χ1n) is 5.81. The van der Waals surface area contributed by atoms with Gasteiger partial charge in [-0.25, -0.2) is 0 Å². The van der Waals surface area contributed by atoms with Gasteiger partial charge in [0.1, 0.15) is 5.78 Å². The predicted molar refractivity (Wildman–Crippen MR) is 64.7 cm³/mol. The minimum atomic E-state index is 0.268. The van der Waals surface area contributed by atoms with E-state index in [9.17, 15) is 4.79 Å². The third-order valence-corrected chi connectivity index (χ3v) is 3.32. The standard InChI is InChI=1S/C14H22O/c1-10(2)5-7-13-9-14(12(4)15)8-6-11(13)3/h5-6,13-14H,7-9H2,1-4H3/t13-,14-/m1/s1. The maximum Gasteiger partial charge on any atom is 0.133 e. The van der Waals surface area contributed by atoms with E-state index in [1.807, 2.05) is 0 Å². The van der Waals surface area contributed by atoms with Gasteiger partial charge in [0.2, 0.25) is 0 Å². The van der Waals surface area contributed by atoms with Gasteiger partial charge in [0.15, 0.2) is 0 Å². The van der Waals surface area contributed by atoms with Crippen molar-refractivity contribution in [3.8, 4) is 0 Å². The highest BCUT2D eigenvalue weighted by molar-refractivity contribution is 5.78. The molecule has 0 amide bonds. The quantitative estimate of drug-likeness (QED) is 0.640. The van der Waals surface area contributed by atoms with E-state index in [1.54, 1.807) is 6.92 Å². The smallest absolute Gasteiger partial charge is 0.133 e. The molecule has 0 unspecified atom stereocenters. The first kappa shape index (κ1) is 12.2. The second-order valence-corrected chi connectivity index (χ2v) is 4.94. The molecule has 1 aliphatic carbocycles. The van der Waals surface area contributed by atoms with Crippen LogP contribution < -0.4 is 0 Å². The fourth-order valence-corrected chi connectivity index (χ4v) is 2.11. The molecule has 0 aliphatic heterocycles. The summed E-state index contributed by atoms with van der Waals surface area (Å²) in [6, 6.07) is 0. The Kier molecular flexibility index (Phi) is 4.31. The zero-order valence-corrected chi connectivity index (χ0v) is 10.3. The fraction of sp³-hybridized carbons (Fsp3) is 0.643. The fourth-order valence-electron chi connectivity index (χ4n) is 2.11. The molecule has 2 atom stereocenters. The molecular weight excluding hydrogens is 184 g/mol. The minimum Gasteiger partial charge on any atom is -0.300 e. The van der Waals surface area contributed by atoms with Crippen molar-refractivity contribution in [2.24, 2.45) is 11.8 Å². The average molecular weight is 206 g/mol. The van der Waals surface area contributed by atoms with Gasteiger partial charge < -0.3 is 0 Å². The highest BCUT2D eigenvalue weighted by atomic mass is 16.1. The summed E-state index contributed by atoms with van der Waals surface area (Å²) in [5.74, 6) is 1.20. The van der Waals surface area contributed by atoms with Gasteiger partial charge >= 0.3 is 0 Å². The molecule has 0 aromatic rings. The number of hydrogen-bond donors (Lipinski definition) is 0. The normalized spacial score (nSPS) is 25.7.